The number of nitrogens with zero attached hydrogens (tertiary/aromatic N) is 4. The van der Waals surface area contributed by atoms with E-state index in [1.54, 1.807) is 0 Å². The van der Waals surface area contributed by atoms with E-state index in [1.807, 2.05) is 17.5 Å². The van der Waals surface area contributed by atoms with E-state index in [2.05, 4.69) is 44.1 Å². The van der Waals surface area contributed by atoms with Crippen molar-refractivity contribution >= 4 is 11.2 Å². The predicted octanol–water partition coefficient (Wildman–Crippen LogP) is 2.14. The van der Waals surface area contributed by atoms with E-state index in [0.29, 0.717) is 24.2 Å². The molecule has 1 aliphatic rings. The summed E-state index contributed by atoms with van der Waals surface area (Å²) >= 11 is 0. The van der Waals surface area contributed by atoms with Gasteiger partial charge in [-0.15, -0.1) is 5.10 Å². The van der Waals surface area contributed by atoms with Crippen LogP contribution in [0.15, 0.2) is 12.1 Å². The molecule has 0 bridgehead atoms. The van der Waals surface area contributed by atoms with Gasteiger partial charge >= 0.3 is 0 Å². The van der Waals surface area contributed by atoms with Gasteiger partial charge in [-0.2, -0.15) is 0 Å². The van der Waals surface area contributed by atoms with Crippen molar-refractivity contribution in [2.45, 2.75) is 26.3 Å². The third-order valence-electron chi connectivity index (χ3n) is 5.29. The lowest BCUT2D eigenvalue weighted by atomic mass is 10.2. The first-order chi connectivity index (χ1) is 11.3. The highest BCUT2D eigenvalue weighted by Crippen LogP contribution is 2.27. The van der Waals surface area contributed by atoms with Gasteiger partial charge in [0.05, 0.1) is 33.2 Å². The topological polar surface area (TPSA) is 55.8 Å². The Morgan fingerprint density at radius 2 is 2.00 bits per heavy atom. The molecule has 1 unspecified atom stereocenters. The molecule has 1 aliphatic heterocycles. The Morgan fingerprint density at radius 1 is 1.28 bits per heavy atom. The van der Waals surface area contributed by atoms with Crippen LogP contribution >= 0.6 is 0 Å². The maximum absolute atomic E-state index is 6.21. The number of likely N-dealkylation sites (N-methyl/N-ethyl adjacent to an activating group) is 1. The minimum absolute atomic E-state index is 0. The van der Waals surface area contributed by atoms with Crippen LogP contribution in [0.1, 0.15) is 17.7 Å². The average molecular weight is 348 g/mol. The molecule has 0 spiro atoms. The van der Waals surface area contributed by atoms with E-state index >= 15 is 0 Å². The second-order valence-electron chi connectivity index (χ2n) is 7.83. The zero-order chi connectivity index (χ0) is 17.5. The lowest BCUT2D eigenvalue weighted by Crippen LogP contribution is -2.46. The molecule has 2 aromatic heterocycles. The van der Waals surface area contributed by atoms with Gasteiger partial charge in [0, 0.05) is 25.2 Å². The molecule has 1 fully saturated rings. The SMILES string of the molecule is Cc1ccc2c(N)c(OCCN3CCC([N+](C)(C)C)C3)nn2c1C.[CH3-]. The van der Waals surface area contributed by atoms with Crippen molar-refractivity contribution in [1.82, 2.24) is 14.5 Å². The number of hydrogen-bond acceptors (Lipinski definition) is 4. The van der Waals surface area contributed by atoms with Gasteiger partial charge in [-0.1, -0.05) is 6.07 Å². The Labute approximate surface area is 151 Å². The first-order valence-corrected chi connectivity index (χ1v) is 8.68. The number of rotatable bonds is 5. The first kappa shape index (κ1) is 19.5. The van der Waals surface area contributed by atoms with Gasteiger partial charge in [-0.05, 0) is 25.5 Å². The Balaban J connectivity index is 0.00000225. The third-order valence-corrected chi connectivity index (χ3v) is 5.29. The van der Waals surface area contributed by atoms with Crippen LogP contribution in [0.4, 0.5) is 5.69 Å². The smallest absolute Gasteiger partial charge is 0.257 e. The van der Waals surface area contributed by atoms with Crippen molar-refractivity contribution in [3.63, 3.8) is 0 Å². The fraction of sp³-hybridized carbons (Fsp3) is 0.579. The Bertz CT molecular complexity index is 731. The van der Waals surface area contributed by atoms with Crippen LogP contribution in [-0.4, -0.2) is 72.4 Å². The Morgan fingerprint density at radius 3 is 2.64 bits per heavy atom. The zero-order valence-corrected chi connectivity index (χ0v) is 16.5. The molecular formula is C19H33N5O. The fourth-order valence-electron chi connectivity index (χ4n) is 3.36. The molecule has 0 saturated carbocycles. The number of likely N-dealkylation sites (tertiary alicyclic amines) is 1. The quantitative estimate of drug-likeness (QED) is 0.665. The number of hydrogen-bond donors (Lipinski definition) is 1. The van der Waals surface area contributed by atoms with Crippen molar-refractivity contribution in [3.8, 4) is 5.88 Å². The van der Waals surface area contributed by atoms with Gasteiger partial charge in [0.1, 0.15) is 18.3 Å². The van der Waals surface area contributed by atoms with E-state index in [0.717, 1.165) is 35.3 Å². The van der Waals surface area contributed by atoms with Gasteiger partial charge in [0.2, 0.25) is 0 Å². The highest BCUT2D eigenvalue weighted by molar-refractivity contribution is 5.75. The van der Waals surface area contributed by atoms with Crippen LogP contribution in [0.25, 0.3) is 5.52 Å². The maximum Gasteiger partial charge on any atom is 0.257 e. The van der Waals surface area contributed by atoms with Crippen molar-refractivity contribution in [3.05, 3.63) is 30.8 Å². The van der Waals surface area contributed by atoms with Gasteiger partial charge in [-0.25, -0.2) is 4.52 Å². The number of pyridine rings is 1. The standard InChI is InChI=1S/C18H30N5O.CH3/c1-13-6-7-16-17(19)18(20-22(16)14(13)2)24-11-10-21-9-8-15(12-21)23(3,4)5;/h6-7,15H,8-12,19H2,1-5H3;1H3/q+1;-1. The van der Waals surface area contributed by atoms with Crippen molar-refractivity contribution in [1.29, 1.82) is 0 Å². The normalized spacial score (nSPS) is 18.5. The van der Waals surface area contributed by atoms with Crippen LogP contribution in [-0.2, 0) is 0 Å². The van der Waals surface area contributed by atoms with Gasteiger partial charge in [-0.3, -0.25) is 4.90 Å². The minimum Gasteiger partial charge on any atom is -0.474 e. The van der Waals surface area contributed by atoms with E-state index < -0.39 is 0 Å². The molecule has 3 heterocycles. The number of ether oxygens (including phenoxy) is 1. The predicted molar refractivity (Wildman–Crippen MR) is 104 cm³/mol. The lowest BCUT2D eigenvalue weighted by molar-refractivity contribution is -0.893. The van der Waals surface area contributed by atoms with E-state index in [4.69, 9.17) is 10.5 Å². The number of aryl methyl sites for hydroxylation is 2. The second kappa shape index (κ2) is 7.22. The summed E-state index contributed by atoms with van der Waals surface area (Å²) < 4.78 is 8.80. The Hall–Kier alpha value is -1.79. The Kier molecular flexibility index (Phi) is 5.64. The summed E-state index contributed by atoms with van der Waals surface area (Å²) in [5.74, 6) is 0.547. The number of nitrogens with two attached hydrogens (primary N) is 1. The summed E-state index contributed by atoms with van der Waals surface area (Å²) in [5.41, 5.74) is 10.0. The zero-order valence-electron chi connectivity index (χ0n) is 16.5. The van der Waals surface area contributed by atoms with Crippen molar-refractivity contribution in [2.75, 3.05) is 53.1 Å². The van der Waals surface area contributed by atoms with Crippen LogP contribution in [0.5, 0.6) is 5.88 Å². The molecule has 2 aromatic rings. The summed E-state index contributed by atoms with van der Waals surface area (Å²) in [4.78, 5) is 2.47. The highest BCUT2D eigenvalue weighted by atomic mass is 16.5. The molecule has 0 amide bonds. The monoisotopic (exact) mass is 347 g/mol. The number of quaternary nitrogens is 1. The summed E-state index contributed by atoms with van der Waals surface area (Å²) in [5, 5.41) is 4.54. The molecule has 140 valence electrons. The van der Waals surface area contributed by atoms with Gasteiger partial charge in [0.25, 0.3) is 5.88 Å². The number of fused-ring (bicyclic) bond motifs is 1. The van der Waals surface area contributed by atoms with Crippen LogP contribution < -0.4 is 10.5 Å². The van der Waals surface area contributed by atoms with Gasteiger partial charge in [0.15, 0.2) is 0 Å². The first-order valence-electron chi connectivity index (χ1n) is 8.68. The van der Waals surface area contributed by atoms with Crippen molar-refractivity contribution < 1.29 is 9.22 Å². The van der Waals surface area contributed by atoms with Gasteiger partial charge < -0.3 is 22.4 Å². The molecule has 1 saturated heterocycles. The van der Waals surface area contributed by atoms with Crippen LogP contribution in [0.3, 0.4) is 0 Å². The third kappa shape index (κ3) is 3.90. The largest absolute Gasteiger partial charge is 0.474 e. The number of aromatic nitrogens is 2. The van der Waals surface area contributed by atoms with E-state index in [-0.39, 0.29) is 7.43 Å². The molecule has 6 heteroatoms. The molecule has 3 rings (SSSR count). The average Bonchev–Trinajstić information content (AvgIpc) is 3.10. The molecule has 2 N–H and O–H groups in total. The number of nitrogen functional groups attached to an aromatic ring is 1. The highest BCUT2D eigenvalue weighted by Gasteiger charge is 2.31. The summed E-state index contributed by atoms with van der Waals surface area (Å²) in [7, 11) is 6.81. The van der Waals surface area contributed by atoms with E-state index in [9.17, 15) is 0 Å². The van der Waals surface area contributed by atoms with Crippen LogP contribution in [0, 0.1) is 21.3 Å². The summed E-state index contributed by atoms with van der Waals surface area (Å²) in [6, 6.07) is 4.78. The molecule has 25 heavy (non-hydrogen) atoms. The summed E-state index contributed by atoms with van der Waals surface area (Å²) in [6.07, 6.45) is 1.25. The van der Waals surface area contributed by atoms with Crippen molar-refractivity contribution in [2.24, 2.45) is 0 Å². The molecule has 0 radical (unpaired) electrons. The van der Waals surface area contributed by atoms with E-state index in [1.165, 1.54) is 12.0 Å². The molecule has 1 atom stereocenters. The molecular weight excluding hydrogens is 314 g/mol. The van der Waals surface area contributed by atoms with Crippen LogP contribution in [0.2, 0.25) is 0 Å². The molecule has 6 nitrogen and oxygen atoms in total. The lowest BCUT2D eigenvalue weighted by Gasteiger charge is -2.31. The fourth-order valence-corrected chi connectivity index (χ4v) is 3.36. The maximum atomic E-state index is 6.21. The number of anilines is 1. The molecule has 0 aromatic carbocycles. The summed E-state index contributed by atoms with van der Waals surface area (Å²) in [6.45, 7) is 7.93. The second-order valence-corrected chi connectivity index (χ2v) is 7.83. The molecule has 0 aliphatic carbocycles. The minimum atomic E-state index is 0.